The molecule has 0 bridgehead atoms. The Balaban J connectivity index is 2.12. The van der Waals surface area contributed by atoms with Crippen LogP contribution in [0.5, 0.6) is 0 Å². The first-order valence-corrected chi connectivity index (χ1v) is 7.70. The number of thioether (sulfide) groups is 1. The average molecular weight is 337 g/mol. The van der Waals surface area contributed by atoms with E-state index >= 15 is 0 Å². The highest BCUT2D eigenvalue weighted by molar-refractivity contribution is 8.18. The van der Waals surface area contributed by atoms with Crippen LogP contribution in [0.1, 0.15) is 26.3 Å². The number of esters is 1. The number of rotatable bonds is 3. The fraction of sp³-hybridized carbons (Fsp3) is 0.312. The van der Waals surface area contributed by atoms with E-state index in [4.69, 9.17) is 4.74 Å². The van der Waals surface area contributed by atoms with Gasteiger partial charge in [-0.3, -0.25) is 19.3 Å². The summed E-state index contributed by atoms with van der Waals surface area (Å²) in [7, 11) is 0. The molecule has 1 aliphatic heterocycles. The van der Waals surface area contributed by atoms with Gasteiger partial charge in [-0.1, -0.05) is 12.1 Å². The number of ether oxygens (including phenoxy) is 1. The third-order valence-electron chi connectivity index (χ3n) is 2.73. The molecule has 0 radical (unpaired) electrons. The minimum absolute atomic E-state index is 0.143. The van der Waals surface area contributed by atoms with Gasteiger partial charge >= 0.3 is 5.97 Å². The number of imide groups is 1. The van der Waals surface area contributed by atoms with Gasteiger partial charge < -0.3 is 4.74 Å². The first kappa shape index (κ1) is 17.2. The SMILES string of the molecule is CC(C)(C)OC(=O)CN1C(=O)S/C(=C/c2cccc(F)c2)C1=O. The highest BCUT2D eigenvalue weighted by Gasteiger charge is 2.37. The molecule has 0 atom stereocenters. The van der Waals surface area contributed by atoms with Crippen molar-refractivity contribution < 1.29 is 23.5 Å². The largest absolute Gasteiger partial charge is 0.459 e. The quantitative estimate of drug-likeness (QED) is 0.626. The van der Waals surface area contributed by atoms with Gasteiger partial charge in [-0.15, -0.1) is 0 Å². The summed E-state index contributed by atoms with van der Waals surface area (Å²) in [5, 5.41) is -0.552. The Morgan fingerprint density at radius 2 is 2.04 bits per heavy atom. The number of hydrogen-bond acceptors (Lipinski definition) is 5. The molecule has 2 rings (SSSR count). The second-order valence-electron chi connectivity index (χ2n) is 5.91. The van der Waals surface area contributed by atoms with E-state index in [0.29, 0.717) is 17.3 Å². The molecule has 0 spiro atoms. The van der Waals surface area contributed by atoms with Crippen molar-refractivity contribution in [3.05, 3.63) is 40.6 Å². The van der Waals surface area contributed by atoms with Gasteiger partial charge in [0.05, 0.1) is 4.91 Å². The molecule has 0 N–H and O–H groups in total. The summed E-state index contributed by atoms with van der Waals surface area (Å²) in [6.45, 7) is 4.65. The molecule has 0 unspecified atom stereocenters. The molecule has 1 aromatic rings. The Kier molecular flexibility index (Phi) is 4.89. The van der Waals surface area contributed by atoms with Crippen LogP contribution in [-0.4, -0.2) is 34.2 Å². The molecule has 1 aliphatic rings. The molecule has 0 saturated carbocycles. The molecule has 2 amide bonds. The standard InChI is InChI=1S/C16H16FNO4S/c1-16(2,3)22-13(19)9-18-14(20)12(23-15(18)21)8-10-5-4-6-11(17)7-10/h4-8H,9H2,1-3H3/b12-8+. The number of halogens is 1. The molecule has 0 aliphatic carbocycles. The number of hydrogen-bond donors (Lipinski definition) is 0. The van der Waals surface area contributed by atoms with Crippen LogP contribution in [0.25, 0.3) is 6.08 Å². The van der Waals surface area contributed by atoms with E-state index in [2.05, 4.69) is 0 Å². The lowest BCUT2D eigenvalue weighted by Gasteiger charge is -2.21. The Labute approximate surface area is 137 Å². The van der Waals surface area contributed by atoms with Gasteiger partial charge in [-0.25, -0.2) is 4.39 Å². The van der Waals surface area contributed by atoms with Crippen LogP contribution >= 0.6 is 11.8 Å². The number of carbonyl (C=O) groups is 3. The fourth-order valence-corrected chi connectivity index (χ4v) is 2.73. The first-order chi connectivity index (χ1) is 10.7. The Morgan fingerprint density at radius 1 is 1.35 bits per heavy atom. The Bertz CT molecular complexity index is 694. The average Bonchev–Trinajstić information content (AvgIpc) is 2.64. The monoisotopic (exact) mass is 337 g/mol. The minimum atomic E-state index is -0.698. The van der Waals surface area contributed by atoms with Crippen LogP contribution in [0, 0.1) is 5.82 Å². The summed E-state index contributed by atoms with van der Waals surface area (Å²) in [5.74, 6) is -1.69. The van der Waals surface area contributed by atoms with Gasteiger partial charge in [0.1, 0.15) is 18.0 Å². The van der Waals surface area contributed by atoms with Crippen molar-refractivity contribution in [2.75, 3.05) is 6.54 Å². The summed E-state index contributed by atoms with van der Waals surface area (Å²) in [5.41, 5.74) is -0.233. The maximum absolute atomic E-state index is 13.2. The predicted molar refractivity (Wildman–Crippen MR) is 84.9 cm³/mol. The predicted octanol–water partition coefficient (Wildman–Crippen LogP) is 3.20. The maximum atomic E-state index is 13.2. The second-order valence-corrected chi connectivity index (χ2v) is 6.90. The molecule has 7 heteroatoms. The topological polar surface area (TPSA) is 63.7 Å². The molecule has 122 valence electrons. The zero-order valence-corrected chi connectivity index (χ0v) is 13.8. The molecule has 1 fully saturated rings. The molecule has 1 aromatic carbocycles. The molecule has 1 saturated heterocycles. The van der Waals surface area contributed by atoms with Crippen LogP contribution in [0.3, 0.4) is 0 Å². The van der Waals surface area contributed by atoms with E-state index in [-0.39, 0.29) is 4.91 Å². The summed E-state index contributed by atoms with van der Waals surface area (Å²) in [4.78, 5) is 36.9. The maximum Gasteiger partial charge on any atom is 0.326 e. The summed E-state index contributed by atoms with van der Waals surface area (Å²) >= 11 is 0.711. The molecular formula is C16H16FNO4S. The number of benzene rings is 1. The minimum Gasteiger partial charge on any atom is -0.459 e. The van der Waals surface area contributed by atoms with E-state index in [0.717, 1.165) is 4.90 Å². The Hall–Kier alpha value is -2.15. The van der Waals surface area contributed by atoms with Crippen molar-refractivity contribution in [1.29, 1.82) is 0 Å². The highest BCUT2D eigenvalue weighted by Crippen LogP contribution is 2.32. The van der Waals surface area contributed by atoms with Gasteiger partial charge in [0.15, 0.2) is 0 Å². The van der Waals surface area contributed by atoms with Gasteiger partial charge in [-0.2, -0.15) is 0 Å². The van der Waals surface area contributed by atoms with Crippen LogP contribution < -0.4 is 0 Å². The molecular weight excluding hydrogens is 321 g/mol. The normalized spacial score (nSPS) is 17.0. The van der Waals surface area contributed by atoms with Crippen molar-refractivity contribution in [2.45, 2.75) is 26.4 Å². The smallest absolute Gasteiger partial charge is 0.326 e. The van der Waals surface area contributed by atoms with Crippen molar-refractivity contribution in [2.24, 2.45) is 0 Å². The summed E-state index contributed by atoms with van der Waals surface area (Å²) in [6.07, 6.45) is 1.42. The summed E-state index contributed by atoms with van der Waals surface area (Å²) < 4.78 is 18.3. The van der Waals surface area contributed by atoms with Gasteiger partial charge in [0.25, 0.3) is 11.1 Å². The summed E-state index contributed by atoms with van der Waals surface area (Å²) in [6, 6.07) is 5.66. The van der Waals surface area contributed by atoms with Gasteiger partial charge in [0.2, 0.25) is 0 Å². The zero-order chi connectivity index (χ0) is 17.2. The van der Waals surface area contributed by atoms with Crippen LogP contribution in [0.2, 0.25) is 0 Å². The number of amides is 2. The lowest BCUT2D eigenvalue weighted by Crippen LogP contribution is -2.37. The van der Waals surface area contributed by atoms with Crippen molar-refractivity contribution in [3.8, 4) is 0 Å². The number of nitrogens with zero attached hydrogens (tertiary/aromatic N) is 1. The second kappa shape index (κ2) is 6.54. The van der Waals surface area contributed by atoms with Gasteiger partial charge in [-0.05, 0) is 56.3 Å². The molecule has 0 aromatic heterocycles. The third kappa shape index (κ3) is 4.66. The van der Waals surface area contributed by atoms with Crippen LogP contribution in [-0.2, 0) is 14.3 Å². The molecule has 23 heavy (non-hydrogen) atoms. The van der Waals surface area contributed by atoms with Crippen molar-refractivity contribution in [1.82, 2.24) is 4.90 Å². The molecule has 1 heterocycles. The van der Waals surface area contributed by atoms with E-state index in [1.807, 2.05) is 0 Å². The number of carbonyl (C=O) groups excluding carboxylic acids is 3. The highest BCUT2D eigenvalue weighted by atomic mass is 32.2. The zero-order valence-electron chi connectivity index (χ0n) is 13.0. The Morgan fingerprint density at radius 3 is 2.65 bits per heavy atom. The van der Waals surface area contributed by atoms with E-state index in [1.54, 1.807) is 26.8 Å². The lowest BCUT2D eigenvalue weighted by molar-refractivity contribution is -0.156. The van der Waals surface area contributed by atoms with Gasteiger partial charge in [0, 0.05) is 0 Å². The van der Waals surface area contributed by atoms with E-state index in [1.165, 1.54) is 24.3 Å². The van der Waals surface area contributed by atoms with E-state index < -0.39 is 35.1 Å². The van der Waals surface area contributed by atoms with Crippen LogP contribution in [0.15, 0.2) is 29.2 Å². The van der Waals surface area contributed by atoms with Crippen molar-refractivity contribution >= 4 is 35.0 Å². The third-order valence-corrected chi connectivity index (χ3v) is 3.63. The van der Waals surface area contributed by atoms with Crippen LogP contribution in [0.4, 0.5) is 9.18 Å². The fourth-order valence-electron chi connectivity index (χ4n) is 1.89. The molecule has 5 nitrogen and oxygen atoms in total. The van der Waals surface area contributed by atoms with E-state index in [9.17, 15) is 18.8 Å². The van der Waals surface area contributed by atoms with Crippen molar-refractivity contribution in [3.63, 3.8) is 0 Å². The lowest BCUT2D eigenvalue weighted by atomic mass is 10.2. The first-order valence-electron chi connectivity index (χ1n) is 6.88.